The number of hydrogen-bond acceptors (Lipinski definition) is 5. The molecule has 2 aromatic heterocycles. The minimum atomic E-state index is -0.367. The maximum absolute atomic E-state index is 12.1. The molecule has 8 heteroatoms. The monoisotopic (exact) mass is 309 g/mol. The average molecular weight is 309 g/mol. The maximum Gasteiger partial charge on any atom is 0.324 e. The Kier molecular flexibility index (Phi) is 4.23. The average Bonchev–Trinajstić information content (AvgIpc) is 3.10. The third-order valence-electron chi connectivity index (χ3n) is 3.19. The number of anilines is 2. The summed E-state index contributed by atoms with van der Waals surface area (Å²) in [4.78, 5) is 24.1. The Morgan fingerprint density at radius 1 is 1.17 bits per heavy atom. The number of aromatic nitrogens is 5. The first-order valence-corrected chi connectivity index (χ1v) is 7.09. The van der Waals surface area contributed by atoms with E-state index in [2.05, 4.69) is 30.7 Å². The Bertz CT molecular complexity index is 801. The van der Waals surface area contributed by atoms with Gasteiger partial charge in [0.1, 0.15) is 24.8 Å². The van der Waals surface area contributed by atoms with Crippen molar-refractivity contribution in [1.29, 1.82) is 0 Å². The Balaban J connectivity index is 1.72. The number of urea groups is 1. The molecular weight excluding hydrogens is 294 g/mol. The normalized spacial score (nSPS) is 10.3. The van der Waals surface area contributed by atoms with Gasteiger partial charge in [0.25, 0.3) is 0 Å². The number of nitrogens with zero attached hydrogens (tertiary/aromatic N) is 5. The van der Waals surface area contributed by atoms with Crippen LogP contribution in [0.1, 0.15) is 12.5 Å². The van der Waals surface area contributed by atoms with Gasteiger partial charge in [0.2, 0.25) is 0 Å². The standard InChI is InChI=1S/C15H15N7O/c1-2-11-5-3-4-6-12(11)20-15(23)21-13-7-14(18-9-17-13)22-10-16-8-19-22/h3-10H,2H2,1H3,(H2,17,18,20,21,23). The number of para-hydroxylation sites is 1. The van der Waals surface area contributed by atoms with Crippen LogP contribution in [0.5, 0.6) is 0 Å². The smallest absolute Gasteiger partial charge is 0.307 e. The van der Waals surface area contributed by atoms with Crippen molar-refractivity contribution in [2.24, 2.45) is 0 Å². The fourth-order valence-corrected chi connectivity index (χ4v) is 2.09. The van der Waals surface area contributed by atoms with Gasteiger partial charge in [-0.3, -0.25) is 5.32 Å². The van der Waals surface area contributed by atoms with E-state index in [1.807, 2.05) is 31.2 Å². The van der Waals surface area contributed by atoms with Gasteiger partial charge in [-0.1, -0.05) is 25.1 Å². The summed E-state index contributed by atoms with van der Waals surface area (Å²) < 4.78 is 1.48. The van der Waals surface area contributed by atoms with Crippen LogP contribution < -0.4 is 10.6 Å². The van der Waals surface area contributed by atoms with E-state index < -0.39 is 0 Å². The number of carbonyl (C=O) groups is 1. The van der Waals surface area contributed by atoms with E-state index in [-0.39, 0.29) is 6.03 Å². The van der Waals surface area contributed by atoms with Crippen LogP contribution in [-0.4, -0.2) is 30.8 Å². The summed E-state index contributed by atoms with van der Waals surface area (Å²) in [7, 11) is 0. The second-order valence-electron chi connectivity index (χ2n) is 4.69. The zero-order valence-electron chi connectivity index (χ0n) is 12.5. The topological polar surface area (TPSA) is 97.6 Å². The highest BCUT2D eigenvalue weighted by atomic mass is 16.2. The zero-order chi connectivity index (χ0) is 16.1. The molecule has 0 atom stereocenters. The minimum absolute atomic E-state index is 0.367. The van der Waals surface area contributed by atoms with Gasteiger partial charge < -0.3 is 5.32 Å². The summed E-state index contributed by atoms with van der Waals surface area (Å²) in [6.07, 6.45) is 5.11. The zero-order valence-corrected chi connectivity index (χ0v) is 12.5. The number of hydrogen-bond donors (Lipinski definition) is 2. The van der Waals surface area contributed by atoms with Crippen LogP contribution in [0.2, 0.25) is 0 Å². The van der Waals surface area contributed by atoms with Gasteiger partial charge in [-0.2, -0.15) is 5.10 Å². The third-order valence-corrected chi connectivity index (χ3v) is 3.19. The highest BCUT2D eigenvalue weighted by molar-refractivity contribution is 5.99. The van der Waals surface area contributed by atoms with Gasteiger partial charge >= 0.3 is 6.03 Å². The highest BCUT2D eigenvalue weighted by Crippen LogP contribution is 2.16. The van der Waals surface area contributed by atoms with Crippen LogP contribution in [0.25, 0.3) is 5.82 Å². The number of rotatable bonds is 4. The third kappa shape index (κ3) is 3.49. The summed E-state index contributed by atoms with van der Waals surface area (Å²) in [5.41, 5.74) is 1.84. The molecule has 2 heterocycles. The first-order chi connectivity index (χ1) is 11.3. The minimum Gasteiger partial charge on any atom is -0.307 e. The lowest BCUT2D eigenvalue weighted by Crippen LogP contribution is -2.21. The van der Waals surface area contributed by atoms with Crippen LogP contribution in [0.3, 0.4) is 0 Å². The first kappa shape index (κ1) is 14.6. The predicted molar refractivity (Wildman–Crippen MR) is 85.4 cm³/mol. The van der Waals surface area contributed by atoms with Gasteiger partial charge in [0, 0.05) is 11.8 Å². The SMILES string of the molecule is CCc1ccccc1NC(=O)Nc1cc(-n2cncn2)ncn1. The molecule has 116 valence electrons. The molecule has 0 fully saturated rings. The summed E-state index contributed by atoms with van der Waals surface area (Å²) in [6, 6.07) is 8.90. The molecule has 0 aliphatic rings. The van der Waals surface area contributed by atoms with Crippen LogP contribution in [0, 0.1) is 0 Å². The molecule has 3 rings (SSSR count). The van der Waals surface area contributed by atoms with Crippen molar-refractivity contribution in [1.82, 2.24) is 24.7 Å². The van der Waals surface area contributed by atoms with Crippen LogP contribution in [-0.2, 0) is 6.42 Å². The number of nitrogens with one attached hydrogen (secondary N) is 2. The van der Waals surface area contributed by atoms with E-state index in [0.29, 0.717) is 11.6 Å². The molecule has 2 amide bonds. The molecule has 0 radical (unpaired) electrons. The largest absolute Gasteiger partial charge is 0.324 e. The molecule has 3 aromatic rings. The van der Waals surface area contributed by atoms with Crippen molar-refractivity contribution in [2.75, 3.05) is 10.6 Å². The second-order valence-corrected chi connectivity index (χ2v) is 4.69. The van der Waals surface area contributed by atoms with Crippen molar-refractivity contribution in [3.8, 4) is 5.82 Å². The van der Waals surface area contributed by atoms with E-state index in [1.165, 1.54) is 23.7 Å². The van der Waals surface area contributed by atoms with Gasteiger partial charge in [-0.15, -0.1) is 0 Å². The van der Waals surface area contributed by atoms with Crippen molar-refractivity contribution >= 4 is 17.5 Å². The van der Waals surface area contributed by atoms with E-state index >= 15 is 0 Å². The summed E-state index contributed by atoms with van der Waals surface area (Å²) in [5, 5.41) is 9.48. The Hall–Kier alpha value is -3.29. The molecule has 23 heavy (non-hydrogen) atoms. The van der Waals surface area contributed by atoms with Gasteiger partial charge in [-0.05, 0) is 18.1 Å². The van der Waals surface area contributed by atoms with Crippen molar-refractivity contribution in [3.05, 3.63) is 54.9 Å². The molecule has 0 saturated heterocycles. The molecule has 0 bridgehead atoms. The quantitative estimate of drug-likeness (QED) is 0.770. The molecule has 8 nitrogen and oxygen atoms in total. The van der Waals surface area contributed by atoms with E-state index in [9.17, 15) is 4.79 Å². The number of aryl methyl sites for hydroxylation is 1. The Morgan fingerprint density at radius 2 is 2.04 bits per heavy atom. The second kappa shape index (κ2) is 6.65. The lowest BCUT2D eigenvalue weighted by Gasteiger charge is -2.10. The predicted octanol–water partition coefficient (Wildman–Crippen LogP) is 2.26. The Labute approximate surface area is 132 Å². The van der Waals surface area contributed by atoms with Crippen LogP contribution in [0.4, 0.5) is 16.3 Å². The van der Waals surface area contributed by atoms with Gasteiger partial charge in [0.15, 0.2) is 5.82 Å². The van der Waals surface area contributed by atoms with Crippen LogP contribution >= 0.6 is 0 Å². The van der Waals surface area contributed by atoms with E-state index in [4.69, 9.17) is 0 Å². The van der Waals surface area contributed by atoms with Crippen molar-refractivity contribution < 1.29 is 4.79 Å². The molecule has 2 N–H and O–H groups in total. The molecule has 0 aliphatic heterocycles. The molecule has 0 unspecified atom stereocenters. The van der Waals surface area contributed by atoms with Gasteiger partial charge in [0.05, 0.1) is 0 Å². The fraction of sp³-hybridized carbons (Fsp3) is 0.133. The molecule has 1 aromatic carbocycles. The van der Waals surface area contributed by atoms with Crippen molar-refractivity contribution in [2.45, 2.75) is 13.3 Å². The molecule has 0 aliphatic carbocycles. The number of benzene rings is 1. The summed E-state index contributed by atoms with van der Waals surface area (Å²) in [5.74, 6) is 0.888. The fourth-order valence-electron chi connectivity index (χ4n) is 2.09. The highest BCUT2D eigenvalue weighted by Gasteiger charge is 2.08. The Morgan fingerprint density at radius 3 is 2.83 bits per heavy atom. The van der Waals surface area contributed by atoms with E-state index in [1.54, 1.807) is 6.07 Å². The summed E-state index contributed by atoms with van der Waals surface area (Å²) in [6.45, 7) is 2.03. The first-order valence-electron chi connectivity index (χ1n) is 7.09. The summed E-state index contributed by atoms with van der Waals surface area (Å²) >= 11 is 0. The van der Waals surface area contributed by atoms with Gasteiger partial charge in [-0.25, -0.2) is 24.4 Å². The van der Waals surface area contributed by atoms with Crippen molar-refractivity contribution in [3.63, 3.8) is 0 Å². The lowest BCUT2D eigenvalue weighted by atomic mass is 10.1. The lowest BCUT2D eigenvalue weighted by molar-refractivity contribution is 0.262. The maximum atomic E-state index is 12.1. The van der Waals surface area contributed by atoms with Crippen LogP contribution in [0.15, 0.2) is 49.3 Å². The number of carbonyl (C=O) groups excluding carboxylic acids is 1. The van der Waals surface area contributed by atoms with E-state index in [0.717, 1.165) is 17.7 Å². The molecule has 0 spiro atoms. The molecular formula is C15H15N7O. The number of amides is 2. The molecule has 0 saturated carbocycles.